The maximum absolute atomic E-state index is 12.5. The molecule has 6 nitrogen and oxygen atoms in total. The number of aromatic amines is 1. The molecule has 0 saturated heterocycles. The Balaban J connectivity index is 1.92. The Hall–Kier alpha value is -2.84. The maximum Gasteiger partial charge on any atom is 0.404 e. The molecule has 0 fully saturated rings. The number of hydrogen-bond acceptors (Lipinski definition) is 4. The van der Waals surface area contributed by atoms with Crippen LogP contribution in [0, 0.1) is 0 Å². The first kappa shape index (κ1) is 21.4. The van der Waals surface area contributed by atoms with Crippen LogP contribution in [0.15, 0.2) is 51.0 Å². The van der Waals surface area contributed by atoms with Gasteiger partial charge in [0.1, 0.15) is 10.4 Å². The fraction of sp³-hybridized carbons (Fsp3) is 0.217. The van der Waals surface area contributed by atoms with Crippen LogP contribution in [0.3, 0.4) is 0 Å². The monoisotopic (exact) mass is 500 g/mol. The first-order valence-corrected chi connectivity index (χ1v) is 11.3. The summed E-state index contributed by atoms with van der Waals surface area (Å²) in [5.41, 5.74) is 3.10. The number of amides is 1. The number of halogens is 1. The number of benzene rings is 2. The summed E-state index contributed by atoms with van der Waals surface area (Å²) in [6.45, 7) is 4.29. The summed E-state index contributed by atoms with van der Waals surface area (Å²) in [6.07, 6.45) is -1.04. The maximum atomic E-state index is 12.5. The molecule has 0 unspecified atom stereocenters. The van der Waals surface area contributed by atoms with Gasteiger partial charge in [0.25, 0.3) is 5.56 Å². The van der Waals surface area contributed by atoms with Crippen LogP contribution in [-0.2, 0) is 5.41 Å². The lowest BCUT2D eigenvalue weighted by Crippen LogP contribution is -2.35. The van der Waals surface area contributed by atoms with E-state index in [1.165, 1.54) is 11.3 Å². The minimum absolute atomic E-state index is 0.114. The van der Waals surface area contributed by atoms with Crippen molar-refractivity contribution in [1.29, 1.82) is 0 Å². The van der Waals surface area contributed by atoms with E-state index < -0.39 is 6.09 Å². The van der Waals surface area contributed by atoms with Gasteiger partial charge in [-0.1, -0.05) is 38.1 Å². The third-order valence-electron chi connectivity index (χ3n) is 5.48. The number of hydrogen-bond donors (Lipinski definition) is 3. The number of fused-ring (bicyclic) bond motifs is 3. The van der Waals surface area contributed by atoms with E-state index >= 15 is 0 Å². The molecule has 0 atom stereocenters. The van der Waals surface area contributed by atoms with Crippen molar-refractivity contribution < 1.29 is 14.6 Å². The van der Waals surface area contributed by atoms with Crippen molar-refractivity contribution in [2.24, 2.45) is 0 Å². The molecule has 1 amide bonds. The topological polar surface area (TPSA) is 91.4 Å². The second-order valence-corrected chi connectivity index (χ2v) is 9.69. The standard InChI is InChI=1S/C23H21BrN2O4S/c1-23(2,11-25-22(28)29)13-6-4-12(5-7-13)17-16(30-3)10-15(24)19-18(17)14-8-9-31-20(14)21(27)26-19/h4-10,25H,11H2,1-3H3,(H,26,27)(H,28,29). The fourth-order valence-corrected chi connectivity index (χ4v) is 5.11. The van der Waals surface area contributed by atoms with E-state index in [1.807, 2.05) is 55.6 Å². The van der Waals surface area contributed by atoms with Gasteiger partial charge < -0.3 is 20.1 Å². The van der Waals surface area contributed by atoms with Crippen molar-refractivity contribution in [3.8, 4) is 16.9 Å². The number of H-pyrrole nitrogens is 1. The molecule has 0 spiro atoms. The second kappa shape index (κ2) is 8.01. The number of nitrogens with one attached hydrogen (secondary N) is 2. The first-order chi connectivity index (χ1) is 14.7. The van der Waals surface area contributed by atoms with Crippen molar-refractivity contribution in [2.75, 3.05) is 13.7 Å². The number of carbonyl (C=O) groups is 1. The van der Waals surface area contributed by atoms with Crippen LogP contribution in [0.2, 0.25) is 0 Å². The van der Waals surface area contributed by atoms with E-state index in [0.29, 0.717) is 17.0 Å². The van der Waals surface area contributed by atoms with Crippen LogP contribution in [-0.4, -0.2) is 29.8 Å². The number of methoxy groups -OCH3 is 1. The van der Waals surface area contributed by atoms with Crippen molar-refractivity contribution in [2.45, 2.75) is 19.3 Å². The summed E-state index contributed by atoms with van der Waals surface area (Å²) in [5.74, 6) is 0.693. The largest absolute Gasteiger partial charge is 0.496 e. The molecule has 0 aliphatic heterocycles. The van der Waals surface area contributed by atoms with Gasteiger partial charge in [-0.25, -0.2) is 4.79 Å². The minimum atomic E-state index is -1.04. The normalized spacial score (nSPS) is 11.7. The molecule has 2 aromatic heterocycles. The van der Waals surface area contributed by atoms with Gasteiger partial charge in [0.05, 0.1) is 12.6 Å². The molecular weight excluding hydrogens is 480 g/mol. The third-order valence-corrected chi connectivity index (χ3v) is 7.02. The van der Waals surface area contributed by atoms with Gasteiger partial charge in [0.15, 0.2) is 0 Å². The molecule has 0 saturated carbocycles. The van der Waals surface area contributed by atoms with Crippen LogP contribution < -0.4 is 15.6 Å². The highest BCUT2D eigenvalue weighted by Gasteiger charge is 2.23. The average Bonchev–Trinajstić information content (AvgIpc) is 3.24. The lowest BCUT2D eigenvalue weighted by atomic mass is 9.83. The molecule has 0 aliphatic carbocycles. The number of carboxylic acid groups (broad SMARTS) is 1. The van der Waals surface area contributed by atoms with Crippen LogP contribution in [0.4, 0.5) is 4.79 Å². The molecule has 0 aliphatic rings. The van der Waals surface area contributed by atoms with Gasteiger partial charge in [-0.2, -0.15) is 0 Å². The highest BCUT2D eigenvalue weighted by Crippen LogP contribution is 2.43. The van der Waals surface area contributed by atoms with Gasteiger partial charge in [0.2, 0.25) is 0 Å². The van der Waals surface area contributed by atoms with Gasteiger partial charge in [-0.15, -0.1) is 11.3 Å². The highest BCUT2D eigenvalue weighted by atomic mass is 79.9. The summed E-state index contributed by atoms with van der Waals surface area (Å²) in [5, 5.41) is 15.1. The zero-order chi connectivity index (χ0) is 22.3. The first-order valence-electron chi connectivity index (χ1n) is 9.60. The van der Waals surface area contributed by atoms with Crippen LogP contribution in [0.25, 0.3) is 32.1 Å². The zero-order valence-corrected chi connectivity index (χ0v) is 19.6. The van der Waals surface area contributed by atoms with E-state index in [0.717, 1.165) is 37.5 Å². The van der Waals surface area contributed by atoms with E-state index in [1.54, 1.807) is 7.11 Å². The van der Waals surface area contributed by atoms with Gasteiger partial charge in [-0.05, 0) is 44.6 Å². The Bertz CT molecular complexity index is 1360. The summed E-state index contributed by atoms with van der Waals surface area (Å²) in [6, 6.07) is 11.8. The quantitative estimate of drug-likeness (QED) is 0.326. The molecule has 4 aromatic rings. The average molecular weight is 501 g/mol. The van der Waals surface area contributed by atoms with E-state index in [2.05, 4.69) is 26.2 Å². The zero-order valence-electron chi connectivity index (χ0n) is 17.2. The molecular formula is C23H21BrN2O4S. The molecule has 160 valence electrons. The Kier molecular flexibility index (Phi) is 5.53. The van der Waals surface area contributed by atoms with Crippen molar-refractivity contribution in [1.82, 2.24) is 10.3 Å². The van der Waals surface area contributed by atoms with Crippen LogP contribution in [0.1, 0.15) is 19.4 Å². The summed E-state index contributed by atoms with van der Waals surface area (Å²) in [4.78, 5) is 26.4. The second-order valence-electron chi connectivity index (χ2n) is 7.92. The molecule has 0 radical (unpaired) electrons. The fourth-order valence-electron chi connectivity index (χ4n) is 3.81. The van der Waals surface area contributed by atoms with Crippen molar-refractivity contribution in [3.05, 3.63) is 62.2 Å². The Morgan fingerprint density at radius 3 is 2.61 bits per heavy atom. The number of ether oxygens (including phenoxy) is 1. The highest BCUT2D eigenvalue weighted by molar-refractivity contribution is 9.10. The van der Waals surface area contributed by atoms with Crippen LogP contribution in [0.5, 0.6) is 5.75 Å². The van der Waals surface area contributed by atoms with Crippen molar-refractivity contribution in [3.63, 3.8) is 0 Å². The number of thiophene rings is 1. The van der Waals surface area contributed by atoms with E-state index in [4.69, 9.17) is 9.84 Å². The number of pyridine rings is 1. The molecule has 2 aromatic carbocycles. The summed E-state index contributed by atoms with van der Waals surface area (Å²) < 4.78 is 7.14. The van der Waals surface area contributed by atoms with Crippen LogP contribution >= 0.6 is 27.3 Å². The minimum Gasteiger partial charge on any atom is -0.496 e. The molecule has 8 heteroatoms. The predicted molar refractivity (Wildman–Crippen MR) is 129 cm³/mol. The number of rotatable bonds is 5. The molecule has 3 N–H and O–H groups in total. The predicted octanol–water partition coefficient (Wildman–Crippen LogP) is 5.73. The lowest BCUT2D eigenvalue weighted by Gasteiger charge is -2.25. The van der Waals surface area contributed by atoms with Gasteiger partial charge in [0, 0.05) is 32.8 Å². The molecule has 4 rings (SSSR count). The molecule has 31 heavy (non-hydrogen) atoms. The SMILES string of the molecule is COc1cc(Br)c2[nH]c(=O)c3sccc3c2c1-c1ccc(C(C)(C)CNC(=O)O)cc1. The summed E-state index contributed by atoms with van der Waals surface area (Å²) in [7, 11) is 1.63. The number of aromatic nitrogens is 1. The van der Waals surface area contributed by atoms with E-state index in [9.17, 15) is 9.59 Å². The molecule has 2 heterocycles. The smallest absolute Gasteiger partial charge is 0.404 e. The van der Waals surface area contributed by atoms with Crippen molar-refractivity contribution >= 4 is 54.3 Å². The third kappa shape index (κ3) is 3.81. The van der Waals surface area contributed by atoms with Gasteiger partial charge >= 0.3 is 6.09 Å². The van der Waals surface area contributed by atoms with Gasteiger partial charge in [-0.3, -0.25) is 4.79 Å². The Labute approximate surface area is 191 Å². The Morgan fingerprint density at radius 2 is 1.97 bits per heavy atom. The molecule has 0 bridgehead atoms. The van der Waals surface area contributed by atoms with E-state index in [-0.39, 0.29) is 11.0 Å². The Morgan fingerprint density at radius 1 is 1.26 bits per heavy atom. The lowest BCUT2D eigenvalue weighted by molar-refractivity contribution is 0.192. The summed E-state index contributed by atoms with van der Waals surface area (Å²) >= 11 is 4.98.